The minimum atomic E-state index is -3.31. The van der Waals surface area contributed by atoms with Crippen molar-refractivity contribution in [1.29, 1.82) is 0 Å². The first-order valence-electron chi connectivity index (χ1n) is 6.79. The van der Waals surface area contributed by atoms with E-state index in [-0.39, 0.29) is 0 Å². The molecule has 2 rings (SSSR count). The van der Waals surface area contributed by atoms with Gasteiger partial charge < -0.3 is 5.32 Å². The lowest BCUT2D eigenvalue weighted by Gasteiger charge is -2.25. The molecule has 19 heavy (non-hydrogen) atoms. The minimum absolute atomic E-state index is 0.402. The summed E-state index contributed by atoms with van der Waals surface area (Å²) in [4.78, 5) is 1.05. The van der Waals surface area contributed by atoms with Gasteiger partial charge in [0.25, 0.3) is 0 Å². The fourth-order valence-electron chi connectivity index (χ4n) is 1.90. The lowest BCUT2D eigenvalue weighted by molar-refractivity contribution is 0.316. The Bertz CT molecular complexity index is 504. The van der Waals surface area contributed by atoms with Crippen LogP contribution in [0.15, 0.2) is 16.3 Å². The van der Waals surface area contributed by atoms with Gasteiger partial charge in [0.2, 0.25) is 10.0 Å². The van der Waals surface area contributed by atoms with Crippen LogP contribution in [0.2, 0.25) is 0 Å². The minimum Gasteiger partial charge on any atom is -0.310 e. The van der Waals surface area contributed by atoms with E-state index >= 15 is 0 Å². The van der Waals surface area contributed by atoms with Gasteiger partial charge in [0, 0.05) is 24.0 Å². The number of thiophene rings is 1. The first-order chi connectivity index (χ1) is 8.97. The van der Waals surface area contributed by atoms with Crippen LogP contribution >= 0.6 is 11.3 Å². The van der Waals surface area contributed by atoms with Gasteiger partial charge in [-0.1, -0.05) is 20.3 Å². The molecule has 1 aromatic heterocycles. The van der Waals surface area contributed by atoms with Crippen LogP contribution in [-0.4, -0.2) is 21.0 Å². The SMILES string of the molecule is CC(C)NCc1ccc(S(=O)(=O)NCC2CCC2)s1. The Balaban J connectivity index is 1.91. The second kappa shape index (κ2) is 6.35. The molecule has 0 aromatic carbocycles. The van der Waals surface area contributed by atoms with Crippen LogP contribution in [-0.2, 0) is 16.6 Å². The highest BCUT2D eigenvalue weighted by atomic mass is 32.2. The molecule has 0 saturated heterocycles. The summed E-state index contributed by atoms with van der Waals surface area (Å²) in [6.07, 6.45) is 3.53. The molecule has 1 aliphatic rings. The zero-order chi connectivity index (χ0) is 13.9. The molecule has 0 atom stereocenters. The lowest BCUT2D eigenvalue weighted by Crippen LogP contribution is -2.31. The van der Waals surface area contributed by atoms with Gasteiger partial charge in [-0.05, 0) is 30.9 Å². The third kappa shape index (κ3) is 4.27. The number of sulfonamides is 1. The number of nitrogens with one attached hydrogen (secondary N) is 2. The Hall–Kier alpha value is -0.430. The van der Waals surface area contributed by atoms with Crippen LogP contribution in [0.25, 0.3) is 0 Å². The van der Waals surface area contributed by atoms with Crippen LogP contribution in [0, 0.1) is 5.92 Å². The van der Waals surface area contributed by atoms with Crippen molar-refractivity contribution in [1.82, 2.24) is 10.0 Å². The molecular formula is C13H22N2O2S2. The maximum absolute atomic E-state index is 12.1. The number of hydrogen-bond acceptors (Lipinski definition) is 4. The summed E-state index contributed by atoms with van der Waals surface area (Å²) in [6, 6.07) is 3.99. The molecule has 0 radical (unpaired) electrons. The second-order valence-corrected chi connectivity index (χ2v) is 8.57. The van der Waals surface area contributed by atoms with Crippen molar-refractivity contribution in [3.05, 3.63) is 17.0 Å². The maximum atomic E-state index is 12.1. The quantitative estimate of drug-likeness (QED) is 0.812. The summed E-state index contributed by atoms with van der Waals surface area (Å²) < 4.78 is 27.4. The van der Waals surface area contributed by atoms with Gasteiger partial charge in [-0.3, -0.25) is 0 Å². The highest BCUT2D eigenvalue weighted by Gasteiger charge is 2.22. The fraction of sp³-hybridized carbons (Fsp3) is 0.692. The molecule has 1 aliphatic carbocycles. The van der Waals surface area contributed by atoms with Crippen LogP contribution in [0.4, 0.5) is 0 Å². The smallest absolute Gasteiger partial charge is 0.250 e. The van der Waals surface area contributed by atoms with Crippen molar-refractivity contribution < 1.29 is 8.42 Å². The van der Waals surface area contributed by atoms with Crippen LogP contribution in [0.5, 0.6) is 0 Å². The van der Waals surface area contributed by atoms with Gasteiger partial charge in [-0.15, -0.1) is 11.3 Å². The zero-order valence-electron chi connectivity index (χ0n) is 11.5. The van der Waals surface area contributed by atoms with Crippen LogP contribution < -0.4 is 10.0 Å². The Morgan fingerprint density at radius 3 is 2.68 bits per heavy atom. The molecule has 0 amide bonds. The van der Waals surface area contributed by atoms with Crippen LogP contribution in [0.1, 0.15) is 38.0 Å². The van der Waals surface area contributed by atoms with Crippen molar-refractivity contribution in [3.8, 4) is 0 Å². The third-order valence-electron chi connectivity index (χ3n) is 3.37. The molecule has 4 nitrogen and oxygen atoms in total. The first kappa shape index (κ1) is 15.0. The topological polar surface area (TPSA) is 58.2 Å². The van der Waals surface area contributed by atoms with E-state index in [2.05, 4.69) is 23.9 Å². The van der Waals surface area contributed by atoms with Crippen LogP contribution in [0.3, 0.4) is 0 Å². The summed E-state index contributed by atoms with van der Waals surface area (Å²) in [7, 11) is -3.31. The van der Waals surface area contributed by atoms with Gasteiger partial charge in [0.1, 0.15) is 4.21 Å². The van der Waals surface area contributed by atoms with Gasteiger partial charge in [0.15, 0.2) is 0 Å². The summed E-state index contributed by atoms with van der Waals surface area (Å²) in [5.41, 5.74) is 0. The summed E-state index contributed by atoms with van der Waals surface area (Å²) in [6.45, 7) is 5.46. The van der Waals surface area contributed by atoms with Crippen molar-refractivity contribution >= 4 is 21.4 Å². The van der Waals surface area contributed by atoms with Crippen molar-refractivity contribution in [2.75, 3.05) is 6.54 Å². The van der Waals surface area contributed by atoms with Crippen molar-refractivity contribution in [2.24, 2.45) is 5.92 Å². The Labute approximate surface area is 119 Å². The van der Waals surface area contributed by atoms with E-state index in [9.17, 15) is 8.42 Å². The average Bonchev–Trinajstić information content (AvgIpc) is 2.73. The number of hydrogen-bond donors (Lipinski definition) is 2. The van der Waals surface area contributed by atoms with E-state index in [0.717, 1.165) is 24.3 Å². The molecule has 2 N–H and O–H groups in total. The largest absolute Gasteiger partial charge is 0.310 e. The Kier molecular flexibility index (Phi) is 5.00. The lowest BCUT2D eigenvalue weighted by atomic mass is 9.86. The first-order valence-corrected chi connectivity index (χ1v) is 9.09. The molecule has 0 spiro atoms. The summed E-state index contributed by atoms with van der Waals surface area (Å²) in [5, 5.41) is 3.29. The van der Waals surface area contributed by atoms with Crippen molar-refractivity contribution in [3.63, 3.8) is 0 Å². The van der Waals surface area contributed by atoms with Gasteiger partial charge >= 0.3 is 0 Å². The van der Waals surface area contributed by atoms with E-state index in [0.29, 0.717) is 22.7 Å². The maximum Gasteiger partial charge on any atom is 0.250 e. The van der Waals surface area contributed by atoms with Gasteiger partial charge in [-0.2, -0.15) is 0 Å². The highest BCUT2D eigenvalue weighted by molar-refractivity contribution is 7.91. The third-order valence-corrected chi connectivity index (χ3v) is 6.37. The molecule has 1 saturated carbocycles. The van der Waals surface area contributed by atoms with E-state index < -0.39 is 10.0 Å². The van der Waals surface area contributed by atoms with E-state index in [4.69, 9.17) is 0 Å². The molecule has 1 aromatic rings. The monoisotopic (exact) mass is 302 g/mol. The fourth-order valence-corrected chi connectivity index (χ4v) is 4.37. The van der Waals surface area contributed by atoms with Gasteiger partial charge in [-0.25, -0.2) is 13.1 Å². The Morgan fingerprint density at radius 2 is 2.11 bits per heavy atom. The average molecular weight is 302 g/mol. The van der Waals surface area contributed by atoms with E-state index in [1.54, 1.807) is 6.07 Å². The summed E-state index contributed by atoms with van der Waals surface area (Å²) >= 11 is 1.35. The molecule has 1 fully saturated rings. The number of rotatable bonds is 7. The molecule has 0 bridgehead atoms. The molecule has 0 unspecified atom stereocenters. The second-order valence-electron chi connectivity index (χ2n) is 5.41. The predicted molar refractivity (Wildman–Crippen MR) is 78.8 cm³/mol. The molecular weight excluding hydrogens is 280 g/mol. The zero-order valence-corrected chi connectivity index (χ0v) is 13.1. The Morgan fingerprint density at radius 1 is 1.37 bits per heavy atom. The molecule has 1 heterocycles. The van der Waals surface area contributed by atoms with Gasteiger partial charge in [0.05, 0.1) is 0 Å². The normalized spacial score (nSPS) is 16.8. The summed E-state index contributed by atoms with van der Waals surface area (Å²) in [5.74, 6) is 0.539. The van der Waals surface area contributed by atoms with E-state index in [1.165, 1.54) is 17.8 Å². The highest BCUT2D eigenvalue weighted by Crippen LogP contribution is 2.26. The molecule has 108 valence electrons. The molecule has 6 heteroatoms. The van der Waals surface area contributed by atoms with Crippen molar-refractivity contribution in [2.45, 2.75) is 49.9 Å². The van der Waals surface area contributed by atoms with E-state index in [1.807, 2.05) is 6.07 Å². The molecule has 0 aliphatic heterocycles. The standard InChI is InChI=1S/C13H22N2O2S2/c1-10(2)14-9-12-6-7-13(18-12)19(16,17)15-8-11-4-3-5-11/h6-7,10-11,14-15H,3-5,8-9H2,1-2H3. The predicted octanol–water partition coefficient (Wildman–Crippen LogP) is 2.32.